The molecule has 0 atom stereocenters. The van der Waals surface area contributed by atoms with Gasteiger partial charge in [-0.25, -0.2) is 4.39 Å². The molecular formula is C22H21ClFNO3S2. The molecule has 0 spiro atoms. The van der Waals surface area contributed by atoms with Gasteiger partial charge in [0.15, 0.2) is 11.5 Å². The molecule has 0 radical (unpaired) electrons. The second kappa shape index (κ2) is 10.3. The van der Waals surface area contributed by atoms with Crippen molar-refractivity contribution in [1.29, 1.82) is 0 Å². The Balaban J connectivity index is 1.82. The van der Waals surface area contributed by atoms with E-state index in [0.717, 1.165) is 12.0 Å². The highest BCUT2D eigenvalue weighted by Crippen LogP contribution is 2.35. The molecule has 0 unspecified atom stereocenters. The van der Waals surface area contributed by atoms with Crippen LogP contribution >= 0.6 is 35.6 Å². The second-order valence-electron chi connectivity index (χ2n) is 6.46. The molecule has 0 aliphatic carbocycles. The number of rotatable bonds is 8. The Morgan fingerprint density at radius 3 is 2.70 bits per heavy atom. The first-order valence-corrected chi connectivity index (χ1v) is 11.1. The molecule has 8 heteroatoms. The van der Waals surface area contributed by atoms with Crippen LogP contribution < -0.4 is 9.47 Å². The summed E-state index contributed by atoms with van der Waals surface area (Å²) in [6.07, 6.45) is 2.63. The monoisotopic (exact) mass is 465 g/mol. The molecule has 0 saturated carbocycles. The fraction of sp³-hybridized carbons (Fsp3) is 0.273. The minimum absolute atomic E-state index is 0.0272. The third kappa shape index (κ3) is 5.14. The number of nitrogens with zero attached hydrogens (tertiary/aromatic N) is 1. The van der Waals surface area contributed by atoms with Crippen molar-refractivity contribution in [2.24, 2.45) is 0 Å². The zero-order valence-electron chi connectivity index (χ0n) is 16.6. The minimum atomic E-state index is -0.425. The summed E-state index contributed by atoms with van der Waals surface area (Å²) in [6.45, 7) is 4.88. The molecule has 4 nitrogen and oxygen atoms in total. The SMILES string of the molecule is CCCN1C(=O)/C(=C\c2ccc(OCc3c(F)cccc3Cl)c(OCC)c2)SC1=S. The molecule has 1 amide bonds. The number of benzene rings is 2. The molecule has 1 fully saturated rings. The van der Waals surface area contributed by atoms with Gasteiger partial charge in [-0.05, 0) is 49.2 Å². The van der Waals surface area contributed by atoms with Crippen LogP contribution in [0.1, 0.15) is 31.4 Å². The summed E-state index contributed by atoms with van der Waals surface area (Å²) < 4.78 is 26.0. The van der Waals surface area contributed by atoms with Gasteiger partial charge in [0.05, 0.1) is 16.5 Å². The number of ether oxygens (including phenoxy) is 2. The summed E-state index contributed by atoms with van der Waals surface area (Å²) in [5.41, 5.74) is 1.07. The van der Waals surface area contributed by atoms with Crippen LogP contribution in [0.2, 0.25) is 5.02 Å². The van der Waals surface area contributed by atoms with Gasteiger partial charge in [0.25, 0.3) is 5.91 Å². The standard InChI is InChI=1S/C22H21ClFNO3S2/c1-3-10-25-21(26)20(30-22(25)29)12-14-8-9-18(19(11-14)27-4-2)28-13-15-16(23)6-5-7-17(15)24/h5-9,11-12H,3-4,10,13H2,1-2H3/b20-12+. The van der Waals surface area contributed by atoms with Crippen molar-refractivity contribution in [3.8, 4) is 11.5 Å². The van der Waals surface area contributed by atoms with Gasteiger partial charge >= 0.3 is 0 Å². The van der Waals surface area contributed by atoms with Gasteiger partial charge in [0.1, 0.15) is 16.7 Å². The molecule has 1 aliphatic heterocycles. The summed E-state index contributed by atoms with van der Waals surface area (Å²) in [4.78, 5) is 14.7. The Labute approximate surface area is 190 Å². The molecular weight excluding hydrogens is 445 g/mol. The van der Waals surface area contributed by atoms with Crippen molar-refractivity contribution in [3.05, 3.63) is 63.3 Å². The molecule has 30 heavy (non-hydrogen) atoms. The Bertz CT molecular complexity index is 976. The van der Waals surface area contributed by atoms with Gasteiger partial charge in [0.2, 0.25) is 0 Å². The highest BCUT2D eigenvalue weighted by molar-refractivity contribution is 8.26. The van der Waals surface area contributed by atoms with E-state index >= 15 is 0 Å². The van der Waals surface area contributed by atoms with Gasteiger partial charge in [-0.2, -0.15) is 0 Å². The lowest BCUT2D eigenvalue weighted by atomic mass is 10.1. The van der Waals surface area contributed by atoms with Gasteiger partial charge in [-0.3, -0.25) is 9.69 Å². The van der Waals surface area contributed by atoms with Crippen LogP contribution in [0, 0.1) is 5.82 Å². The Morgan fingerprint density at radius 1 is 1.20 bits per heavy atom. The number of carbonyl (C=O) groups excluding carboxylic acids is 1. The van der Waals surface area contributed by atoms with Crippen LogP contribution in [0.15, 0.2) is 41.3 Å². The van der Waals surface area contributed by atoms with Crippen LogP contribution in [0.5, 0.6) is 11.5 Å². The molecule has 3 rings (SSSR count). The van der Waals surface area contributed by atoms with Gasteiger partial charge in [-0.1, -0.05) is 54.6 Å². The van der Waals surface area contributed by atoms with Crippen molar-refractivity contribution in [2.75, 3.05) is 13.2 Å². The highest BCUT2D eigenvalue weighted by atomic mass is 35.5. The molecule has 0 aromatic heterocycles. The minimum Gasteiger partial charge on any atom is -0.490 e. The topological polar surface area (TPSA) is 38.8 Å². The van der Waals surface area contributed by atoms with Crippen molar-refractivity contribution < 1.29 is 18.7 Å². The number of carbonyl (C=O) groups is 1. The second-order valence-corrected chi connectivity index (χ2v) is 8.54. The van der Waals surface area contributed by atoms with E-state index in [2.05, 4.69) is 0 Å². The number of thioether (sulfide) groups is 1. The molecule has 0 N–H and O–H groups in total. The van der Waals surface area contributed by atoms with Crippen LogP contribution in [-0.2, 0) is 11.4 Å². The van der Waals surface area contributed by atoms with Crippen LogP contribution in [0.4, 0.5) is 4.39 Å². The Kier molecular flexibility index (Phi) is 7.75. The molecule has 158 valence electrons. The van der Waals surface area contributed by atoms with E-state index in [1.807, 2.05) is 19.9 Å². The van der Waals surface area contributed by atoms with Crippen molar-refractivity contribution >= 4 is 51.9 Å². The largest absolute Gasteiger partial charge is 0.490 e. The highest BCUT2D eigenvalue weighted by Gasteiger charge is 2.31. The van der Waals surface area contributed by atoms with Crippen molar-refractivity contribution in [2.45, 2.75) is 26.9 Å². The zero-order chi connectivity index (χ0) is 21.7. The molecule has 2 aromatic rings. The first-order valence-electron chi connectivity index (χ1n) is 9.52. The number of halogens is 2. The quantitative estimate of drug-likeness (QED) is 0.349. The summed E-state index contributed by atoms with van der Waals surface area (Å²) >= 11 is 12.7. The molecule has 1 aliphatic rings. The number of hydrogen-bond donors (Lipinski definition) is 0. The van der Waals surface area contributed by atoms with Gasteiger partial charge in [-0.15, -0.1) is 0 Å². The maximum atomic E-state index is 14.0. The number of hydrogen-bond acceptors (Lipinski definition) is 5. The average molecular weight is 466 g/mol. The molecule has 0 bridgehead atoms. The first-order chi connectivity index (χ1) is 14.4. The average Bonchev–Trinajstić information content (AvgIpc) is 2.97. The lowest BCUT2D eigenvalue weighted by Gasteiger charge is -2.14. The first kappa shape index (κ1) is 22.6. The normalized spacial score (nSPS) is 15.2. The summed E-state index contributed by atoms with van der Waals surface area (Å²) in [5.74, 6) is 0.458. The molecule has 1 heterocycles. The van der Waals surface area contributed by atoms with Crippen molar-refractivity contribution in [1.82, 2.24) is 4.90 Å². The lowest BCUT2D eigenvalue weighted by Crippen LogP contribution is -2.28. The molecule has 1 saturated heterocycles. The zero-order valence-corrected chi connectivity index (χ0v) is 19.0. The Hall–Kier alpha value is -2.09. The van der Waals surface area contributed by atoms with Gasteiger partial charge in [0, 0.05) is 12.1 Å². The van der Waals surface area contributed by atoms with E-state index in [9.17, 15) is 9.18 Å². The van der Waals surface area contributed by atoms with Gasteiger partial charge < -0.3 is 9.47 Å². The van der Waals surface area contributed by atoms with Crippen LogP contribution in [0.25, 0.3) is 6.08 Å². The summed E-state index contributed by atoms with van der Waals surface area (Å²) in [5, 5.41) is 0.304. The number of thiocarbonyl (C=S) groups is 1. The smallest absolute Gasteiger partial charge is 0.266 e. The fourth-order valence-corrected chi connectivity index (χ4v) is 4.42. The summed E-state index contributed by atoms with van der Waals surface area (Å²) in [7, 11) is 0. The van der Waals surface area contributed by atoms with Crippen LogP contribution in [0.3, 0.4) is 0 Å². The van der Waals surface area contributed by atoms with E-state index in [4.69, 9.17) is 33.3 Å². The third-order valence-electron chi connectivity index (χ3n) is 4.32. The fourth-order valence-electron chi connectivity index (χ4n) is 2.89. The van der Waals surface area contributed by atoms with E-state index in [1.54, 1.807) is 35.2 Å². The summed E-state index contributed by atoms with van der Waals surface area (Å²) in [6, 6.07) is 9.83. The van der Waals surface area contributed by atoms with E-state index in [0.29, 0.717) is 38.9 Å². The molecule has 2 aromatic carbocycles. The van der Waals surface area contributed by atoms with E-state index in [-0.39, 0.29) is 18.1 Å². The van der Waals surface area contributed by atoms with E-state index < -0.39 is 5.82 Å². The van der Waals surface area contributed by atoms with Crippen molar-refractivity contribution in [3.63, 3.8) is 0 Å². The predicted octanol–water partition coefficient (Wildman–Crippen LogP) is 6.07. The third-order valence-corrected chi connectivity index (χ3v) is 6.05. The maximum absolute atomic E-state index is 14.0. The Morgan fingerprint density at radius 2 is 2.00 bits per heavy atom. The predicted molar refractivity (Wildman–Crippen MR) is 124 cm³/mol. The lowest BCUT2D eigenvalue weighted by molar-refractivity contribution is -0.122. The van der Waals surface area contributed by atoms with E-state index in [1.165, 1.54) is 17.8 Å². The number of amides is 1. The van der Waals surface area contributed by atoms with Crippen LogP contribution in [-0.4, -0.2) is 28.3 Å². The maximum Gasteiger partial charge on any atom is 0.266 e.